The SMILES string of the molecule is CC(NC(=O)C(C)(Cc1cn(C(=O)OCOC(=O)c2ccc(CN(C)CCN(C)C)cc2)c2ccccc12)NC(=O)OCc1cc2ccccc2o1)c1ccccc1. The van der Waals surface area contributed by atoms with Gasteiger partial charge in [-0.3, -0.25) is 9.36 Å². The molecule has 0 fully saturated rings. The number of alkyl carbamates (subject to hydrolysis) is 1. The molecule has 0 radical (unpaired) electrons. The molecule has 2 amide bonds. The van der Waals surface area contributed by atoms with Gasteiger partial charge in [0.25, 0.3) is 0 Å². The molecule has 2 heterocycles. The lowest BCUT2D eigenvalue weighted by Crippen LogP contribution is -2.58. The van der Waals surface area contributed by atoms with E-state index >= 15 is 0 Å². The van der Waals surface area contributed by atoms with Crippen LogP contribution in [0.1, 0.15) is 52.7 Å². The fraction of sp³-hybridized carbons (Fsp3) is 0.289. The van der Waals surface area contributed by atoms with Crippen molar-refractivity contribution in [2.75, 3.05) is 41.0 Å². The largest absolute Gasteiger partial charge is 0.457 e. The molecule has 6 aromatic rings. The van der Waals surface area contributed by atoms with E-state index in [0.29, 0.717) is 33.4 Å². The first-order chi connectivity index (χ1) is 27.9. The molecule has 13 heteroatoms. The fourth-order valence-corrected chi connectivity index (χ4v) is 6.59. The predicted octanol–water partition coefficient (Wildman–Crippen LogP) is 7.29. The molecule has 4 aromatic carbocycles. The van der Waals surface area contributed by atoms with Crippen molar-refractivity contribution in [1.29, 1.82) is 0 Å². The summed E-state index contributed by atoms with van der Waals surface area (Å²) in [5.41, 5.74) is 2.42. The molecular weight excluding hydrogens is 739 g/mol. The van der Waals surface area contributed by atoms with Gasteiger partial charge < -0.3 is 39.1 Å². The zero-order chi connectivity index (χ0) is 41.2. The van der Waals surface area contributed by atoms with Crippen LogP contribution in [0.2, 0.25) is 0 Å². The van der Waals surface area contributed by atoms with Gasteiger partial charge in [0, 0.05) is 43.0 Å². The van der Waals surface area contributed by atoms with E-state index in [4.69, 9.17) is 18.6 Å². The van der Waals surface area contributed by atoms with Crippen molar-refractivity contribution in [2.45, 2.75) is 45.0 Å². The highest BCUT2D eigenvalue weighted by molar-refractivity contribution is 5.95. The molecule has 13 nitrogen and oxygen atoms in total. The lowest BCUT2D eigenvalue weighted by atomic mass is 9.91. The minimum Gasteiger partial charge on any atom is -0.457 e. The maximum absolute atomic E-state index is 14.1. The predicted molar refractivity (Wildman–Crippen MR) is 220 cm³/mol. The molecule has 0 aliphatic heterocycles. The molecule has 2 atom stereocenters. The summed E-state index contributed by atoms with van der Waals surface area (Å²) in [6.45, 7) is 5.24. The van der Waals surface area contributed by atoms with E-state index in [1.807, 2.05) is 101 Å². The number of furan rings is 1. The van der Waals surface area contributed by atoms with Crippen LogP contribution in [0, 0.1) is 0 Å². The van der Waals surface area contributed by atoms with Crippen molar-refractivity contribution in [3.8, 4) is 0 Å². The second kappa shape index (κ2) is 18.7. The molecule has 58 heavy (non-hydrogen) atoms. The Morgan fingerprint density at radius 2 is 1.53 bits per heavy atom. The van der Waals surface area contributed by atoms with Crippen LogP contribution in [-0.4, -0.2) is 85.0 Å². The van der Waals surface area contributed by atoms with Crippen LogP contribution in [0.4, 0.5) is 9.59 Å². The van der Waals surface area contributed by atoms with Gasteiger partial charge in [-0.2, -0.15) is 0 Å². The average molecular weight is 788 g/mol. The van der Waals surface area contributed by atoms with Crippen molar-refractivity contribution in [1.82, 2.24) is 25.0 Å². The molecule has 0 spiro atoms. The highest BCUT2D eigenvalue weighted by Crippen LogP contribution is 2.27. The van der Waals surface area contributed by atoms with Crippen LogP contribution in [0.15, 0.2) is 120 Å². The van der Waals surface area contributed by atoms with Crippen LogP contribution in [0.3, 0.4) is 0 Å². The summed E-state index contributed by atoms with van der Waals surface area (Å²) in [6.07, 6.45) is -0.112. The number of hydrogen-bond donors (Lipinski definition) is 2. The number of para-hydroxylation sites is 2. The number of nitrogens with zero attached hydrogens (tertiary/aromatic N) is 3. The number of likely N-dealkylation sites (N-methyl/N-ethyl adjacent to an activating group) is 2. The van der Waals surface area contributed by atoms with Gasteiger partial charge in [-0.25, -0.2) is 14.4 Å². The van der Waals surface area contributed by atoms with Crippen LogP contribution >= 0.6 is 0 Å². The number of ether oxygens (including phenoxy) is 3. The Hall–Kier alpha value is -6.44. The lowest BCUT2D eigenvalue weighted by molar-refractivity contribution is -0.127. The van der Waals surface area contributed by atoms with E-state index < -0.39 is 42.4 Å². The third-order valence-corrected chi connectivity index (χ3v) is 9.83. The normalized spacial score (nSPS) is 12.9. The van der Waals surface area contributed by atoms with Crippen molar-refractivity contribution in [3.63, 3.8) is 0 Å². The molecular formula is C45H49N5O8. The zero-order valence-corrected chi connectivity index (χ0v) is 33.4. The van der Waals surface area contributed by atoms with Gasteiger partial charge in [0.1, 0.15) is 16.9 Å². The molecule has 2 unspecified atom stereocenters. The Balaban J connectivity index is 1.14. The Morgan fingerprint density at radius 1 is 0.828 bits per heavy atom. The van der Waals surface area contributed by atoms with E-state index in [2.05, 4.69) is 20.4 Å². The first kappa shape index (κ1) is 41.2. The van der Waals surface area contributed by atoms with Crippen molar-refractivity contribution in [2.24, 2.45) is 0 Å². The zero-order valence-electron chi connectivity index (χ0n) is 33.4. The van der Waals surface area contributed by atoms with E-state index in [-0.39, 0.29) is 13.0 Å². The number of nitrogens with one attached hydrogen (secondary N) is 2. The van der Waals surface area contributed by atoms with E-state index in [1.165, 1.54) is 4.57 Å². The third-order valence-electron chi connectivity index (χ3n) is 9.83. The average Bonchev–Trinajstić information content (AvgIpc) is 3.81. The van der Waals surface area contributed by atoms with Crippen LogP contribution in [-0.2, 0) is 38.6 Å². The second-order valence-corrected chi connectivity index (χ2v) is 14.8. The fourth-order valence-electron chi connectivity index (χ4n) is 6.59. The quantitative estimate of drug-likeness (QED) is 0.0759. The van der Waals surface area contributed by atoms with Gasteiger partial charge in [-0.1, -0.05) is 78.9 Å². The van der Waals surface area contributed by atoms with E-state index in [1.54, 1.807) is 49.5 Å². The number of aromatic nitrogens is 1. The molecule has 2 aromatic heterocycles. The van der Waals surface area contributed by atoms with E-state index in [0.717, 1.165) is 36.1 Å². The Bertz CT molecular complexity index is 2320. The summed E-state index contributed by atoms with van der Waals surface area (Å²) in [6, 6.07) is 32.5. The monoisotopic (exact) mass is 787 g/mol. The minimum atomic E-state index is -1.56. The van der Waals surface area contributed by atoms with Gasteiger partial charge in [-0.15, -0.1) is 0 Å². The molecule has 302 valence electrons. The Labute approximate surface area is 337 Å². The van der Waals surface area contributed by atoms with Gasteiger partial charge in [0.15, 0.2) is 6.61 Å². The molecule has 0 saturated carbocycles. The maximum Gasteiger partial charge on any atom is 0.421 e. The maximum atomic E-state index is 14.1. The molecule has 0 bridgehead atoms. The summed E-state index contributed by atoms with van der Waals surface area (Å²) in [7, 11) is 6.10. The Kier molecular flexibility index (Phi) is 13.3. The molecule has 0 saturated heterocycles. The van der Waals surface area contributed by atoms with Crippen LogP contribution in [0.25, 0.3) is 21.9 Å². The number of carbonyl (C=O) groups is 4. The minimum absolute atomic E-state index is 0.0305. The highest BCUT2D eigenvalue weighted by atomic mass is 16.7. The first-order valence-corrected chi connectivity index (χ1v) is 19.0. The highest BCUT2D eigenvalue weighted by Gasteiger charge is 2.38. The smallest absolute Gasteiger partial charge is 0.421 e. The first-order valence-electron chi connectivity index (χ1n) is 19.0. The second-order valence-electron chi connectivity index (χ2n) is 14.8. The number of rotatable bonds is 16. The number of carbonyl (C=O) groups excluding carboxylic acids is 4. The summed E-state index contributed by atoms with van der Waals surface area (Å²) >= 11 is 0. The number of esters is 1. The van der Waals surface area contributed by atoms with E-state index in [9.17, 15) is 19.2 Å². The van der Waals surface area contributed by atoms with Crippen LogP contribution < -0.4 is 10.6 Å². The third kappa shape index (κ3) is 10.5. The lowest BCUT2D eigenvalue weighted by Gasteiger charge is -2.30. The summed E-state index contributed by atoms with van der Waals surface area (Å²) in [5, 5.41) is 7.33. The van der Waals surface area contributed by atoms with Gasteiger partial charge in [-0.05, 0) is 82.0 Å². The van der Waals surface area contributed by atoms with Gasteiger partial charge in [0.2, 0.25) is 12.7 Å². The molecule has 6 rings (SSSR count). The van der Waals surface area contributed by atoms with Crippen LogP contribution in [0.5, 0.6) is 0 Å². The number of fused-ring (bicyclic) bond motifs is 2. The number of amides is 2. The molecule has 2 N–H and O–H groups in total. The summed E-state index contributed by atoms with van der Waals surface area (Å²) in [4.78, 5) is 58.1. The van der Waals surface area contributed by atoms with Gasteiger partial charge in [0.05, 0.1) is 17.1 Å². The van der Waals surface area contributed by atoms with Crippen molar-refractivity contribution in [3.05, 3.63) is 143 Å². The van der Waals surface area contributed by atoms with Gasteiger partial charge >= 0.3 is 18.2 Å². The Morgan fingerprint density at radius 3 is 2.28 bits per heavy atom. The summed E-state index contributed by atoms with van der Waals surface area (Å²) < 4.78 is 23.3. The van der Waals surface area contributed by atoms with Crippen molar-refractivity contribution < 1.29 is 37.8 Å². The number of benzene rings is 4. The standard InChI is InChI=1S/C45H49N5O8/c1-31(33-13-7-6-8-14-33)46-42(52)45(2,47-43(53)55-29-37-25-35-15-9-12-18-40(35)58-37)26-36-28-50(39-17-11-10-16-38(36)39)44(54)57-30-56-41(51)34-21-19-32(20-22-34)27-49(5)24-23-48(3)4/h6-22,25,28,31H,23-24,26-27,29-30H2,1-5H3,(H,46,52)(H,47,53). The van der Waals surface area contributed by atoms with Crippen molar-refractivity contribution >= 4 is 45.9 Å². The number of hydrogen-bond acceptors (Lipinski definition) is 10. The molecule has 0 aliphatic carbocycles. The summed E-state index contributed by atoms with van der Waals surface area (Å²) in [5.74, 6) is -0.663. The topological polar surface area (TPSA) is 145 Å². The molecule has 0 aliphatic rings.